The molecule has 3 aromatic carbocycles. The van der Waals surface area contributed by atoms with Crippen LogP contribution in [0.3, 0.4) is 0 Å². The molecule has 0 bridgehead atoms. The Morgan fingerprint density at radius 3 is 2.00 bits per heavy atom. The lowest BCUT2D eigenvalue weighted by atomic mass is 9.94. The second kappa shape index (κ2) is 14.5. The van der Waals surface area contributed by atoms with Crippen LogP contribution in [-0.2, 0) is 15.9 Å². The van der Waals surface area contributed by atoms with E-state index in [0.29, 0.717) is 41.9 Å². The summed E-state index contributed by atoms with van der Waals surface area (Å²) in [6, 6.07) is 15.6. The molecular formula is C34H39F3O2. The molecule has 39 heavy (non-hydrogen) atoms. The minimum Gasteiger partial charge on any atom is -0.348 e. The molecule has 1 fully saturated rings. The molecule has 208 valence electrons. The van der Waals surface area contributed by atoms with Crippen molar-refractivity contribution in [2.45, 2.75) is 76.9 Å². The number of hydrogen-bond acceptors (Lipinski definition) is 2. The van der Waals surface area contributed by atoms with E-state index in [1.54, 1.807) is 48.5 Å². The summed E-state index contributed by atoms with van der Waals surface area (Å²) in [5.74, 6) is -2.09. The van der Waals surface area contributed by atoms with Gasteiger partial charge in [-0.05, 0) is 52.8 Å². The third-order valence-electron chi connectivity index (χ3n) is 7.55. The van der Waals surface area contributed by atoms with E-state index >= 15 is 0 Å². The van der Waals surface area contributed by atoms with Gasteiger partial charge in [-0.1, -0.05) is 107 Å². The maximum Gasteiger partial charge on any atom is 0.176 e. The zero-order valence-electron chi connectivity index (χ0n) is 22.9. The fourth-order valence-electron chi connectivity index (χ4n) is 5.17. The molecule has 0 spiro atoms. The Morgan fingerprint density at radius 1 is 0.744 bits per heavy atom. The van der Waals surface area contributed by atoms with Gasteiger partial charge < -0.3 is 9.47 Å². The van der Waals surface area contributed by atoms with Gasteiger partial charge in [-0.15, -0.1) is 0 Å². The molecule has 1 heterocycles. The van der Waals surface area contributed by atoms with Gasteiger partial charge in [0.1, 0.15) is 5.82 Å². The van der Waals surface area contributed by atoms with Gasteiger partial charge in [0.05, 0.1) is 13.2 Å². The predicted octanol–water partition coefficient (Wildman–Crippen LogP) is 9.76. The van der Waals surface area contributed by atoms with Crippen molar-refractivity contribution in [3.05, 3.63) is 95.8 Å². The van der Waals surface area contributed by atoms with Gasteiger partial charge in [0.2, 0.25) is 0 Å². The van der Waals surface area contributed by atoms with Gasteiger partial charge in [0.15, 0.2) is 17.9 Å². The molecule has 0 amide bonds. The highest BCUT2D eigenvalue weighted by molar-refractivity contribution is 5.71. The van der Waals surface area contributed by atoms with E-state index in [1.165, 1.54) is 38.2 Å². The van der Waals surface area contributed by atoms with E-state index in [4.69, 9.17) is 9.47 Å². The van der Waals surface area contributed by atoms with Gasteiger partial charge in [-0.25, -0.2) is 13.2 Å². The second-order valence-electron chi connectivity index (χ2n) is 10.4. The van der Waals surface area contributed by atoms with Crippen LogP contribution in [0.2, 0.25) is 0 Å². The van der Waals surface area contributed by atoms with E-state index in [2.05, 4.69) is 13.5 Å². The minimum atomic E-state index is -0.814. The maximum atomic E-state index is 15.0. The largest absolute Gasteiger partial charge is 0.348 e. The Labute approximate surface area is 230 Å². The van der Waals surface area contributed by atoms with Crippen LogP contribution < -0.4 is 0 Å². The first-order chi connectivity index (χ1) is 19.0. The average Bonchev–Trinajstić information content (AvgIpc) is 2.97. The molecule has 3 aromatic rings. The highest BCUT2D eigenvalue weighted by atomic mass is 19.2. The summed E-state index contributed by atoms with van der Waals surface area (Å²) in [6.07, 6.45) is 11.0. The van der Waals surface area contributed by atoms with Crippen LogP contribution in [-0.4, -0.2) is 19.5 Å². The summed E-state index contributed by atoms with van der Waals surface area (Å²) in [6.45, 7) is 6.58. The summed E-state index contributed by atoms with van der Waals surface area (Å²) < 4.78 is 55.8. The van der Waals surface area contributed by atoms with Gasteiger partial charge in [0, 0.05) is 11.5 Å². The standard InChI is InChI=1S/C34H39F3O2/c1-3-5-6-7-8-9-10-11-12-26-17-20-30(34(37)33(26)36)25-15-13-24(14-16-25)27-18-19-29(31(35)21-27)28-22-38-32(4-2)39-23-28/h4,13-21,28,32H,2-3,5-12,22-23H2,1H3. The van der Waals surface area contributed by atoms with Crippen molar-refractivity contribution in [1.29, 1.82) is 0 Å². The van der Waals surface area contributed by atoms with E-state index in [-0.39, 0.29) is 17.3 Å². The molecule has 0 aliphatic carbocycles. The summed E-state index contributed by atoms with van der Waals surface area (Å²) >= 11 is 0. The first-order valence-electron chi connectivity index (χ1n) is 14.2. The molecule has 0 aromatic heterocycles. The SMILES string of the molecule is C=CC1OCC(c2ccc(-c3ccc(-c4ccc(CCCCCCCCCC)c(F)c4F)cc3)cc2F)CO1. The van der Waals surface area contributed by atoms with Crippen molar-refractivity contribution in [3.8, 4) is 22.3 Å². The predicted molar refractivity (Wildman–Crippen MR) is 152 cm³/mol. The van der Waals surface area contributed by atoms with Crippen molar-refractivity contribution in [2.24, 2.45) is 0 Å². The van der Waals surface area contributed by atoms with Crippen molar-refractivity contribution >= 4 is 0 Å². The molecule has 0 unspecified atom stereocenters. The van der Waals surface area contributed by atoms with Crippen molar-refractivity contribution in [2.75, 3.05) is 13.2 Å². The van der Waals surface area contributed by atoms with Crippen LogP contribution in [0.4, 0.5) is 13.2 Å². The molecule has 0 radical (unpaired) electrons. The number of benzene rings is 3. The quantitative estimate of drug-likeness (QED) is 0.160. The minimum absolute atomic E-state index is 0.186. The Hall–Kier alpha value is -2.89. The van der Waals surface area contributed by atoms with E-state index in [1.807, 2.05) is 6.07 Å². The molecule has 0 saturated carbocycles. The molecule has 1 aliphatic rings. The molecule has 0 atom stereocenters. The second-order valence-corrected chi connectivity index (χ2v) is 10.4. The van der Waals surface area contributed by atoms with Crippen molar-refractivity contribution in [1.82, 2.24) is 0 Å². The number of aryl methyl sites for hydroxylation is 1. The Bertz CT molecular complexity index is 1210. The van der Waals surface area contributed by atoms with Crippen LogP contribution in [0.1, 0.15) is 75.3 Å². The fraction of sp³-hybridized carbons (Fsp3) is 0.412. The van der Waals surface area contributed by atoms with Gasteiger partial charge in [0.25, 0.3) is 0 Å². The zero-order valence-corrected chi connectivity index (χ0v) is 22.9. The lowest BCUT2D eigenvalue weighted by Crippen LogP contribution is -2.29. The van der Waals surface area contributed by atoms with Crippen LogP contribution in [0.5, 0.6) is 0 Å². The lowest BCUT2D eigenvalue weighted by molar-refractivity contribution is -0.159. The monoisotopic (exact) mass is 536 g/mol. The first-order valence-corrected chi connectivity index (χ1v) is 14.2. The highest BCUT2D eigenvalue weighted by Crippen LogP contribution is 2.32. The average molecular weight is 537 g/mol. The zero-order chi connectivity index (χ0) is 27.6. The van der Waals surface area contributed by atoms with Gasteiger partial charge in [-0.3, -0.25) is 0 Å². The normalized spacial score (nSPS) is 17.3. The third kappa shape index (κ3) is 7.61. The number of halogens is 3. The Balaban J connectivity index is 1.36. The Kier molecular flexibility index (Phi) is 10.8. The summed E-state index contributed by atoms with van der Waals surface area (Å²) in [4.78, 5) is 0. The topological polar surface area (TPSA) is 18.5 Å². The molecule has 2 nitrogen and oxygen atoms in total. The van der Waals surface area contributed by atoms with E-state index in [0.717, 1.165) is 24.8 Å². The number of hydrogen-bond donors (Lipinski definition) is 0. The molecular weight excluding hydrogens is 497 g/mol. The summed E-state index contributed by atoms with van der Waals surface area (Å²) in [5, 5.41) is 0. The van der Waals surface area contributed by atoms with Crippen LogP contribution in [0.15, 0.2) is 67.3 Å². The smallest absolute Gasteiger partial charge is 0.176 e. The third-order valence-corrected chi connectivity index (χ3v) is 7.55. The number of ether oxygens (including phenoxy) is 2. The molecule has 1 saturated heterocycles. The first kappa shape index (κ1) is 29.1. The summed E-state index contributed by atoms with van der Waals surface area (Å²) in [5.41, 5.74) is 3.29. The maximum absolute atomic E-state index is 15.0. The van der Waals surface area contributed by atoms with Crippen molar-refractivity contribution in [3.63, 3.8) is 0 Å². The molecule has 1 aliphatic heterocycles. The summed E-state index contributed by atoms with van der Waals surface area (Å²) in [7, 11) is 0. The highest BCUT2D eigenvalue weighted by Gasteiger charge is 2.24. The van der Waals surface area contributed by atoms with Gasteiger partial charge >= 0.3 is 0 Å². The van der Waals surface area contributed by atoms with Crippen LogP contribution in [0.25, 0.3) is 22.3 Å². The van der Waals surface area contributed by atoms with Crippen LogP contribution >= 0.6 is 0 Å². The molecule has 4 rings (SSSR count). The number of unbranched alkanes of at least 4 members (excludes halogenated alkanes) is 7. The van der Waals surface area contributed by atoms with Gasteiger partial charge in [-0.2, -0.15) is 0 Å². The van der Waals surface area contributed by atoms with E-state index < -0.39 is 17.9 Å². The van der Waals surface area contributed by atoms with Crippen molar-refractivity contribution < 1.29 is 22.6 Å². The molecule has 0 N–H and O–H groups in total. The lowest BCUT2D eigenvalue weighted by Gasteiger charge is -2.28. The Morgan fingerprint density at radius 2 is 1.36 bits per heavy atom. The van der Waals surface area contributed by atoms with Crippen LogP contribution in [0, 0.1) is 17.5 Å². The van der Waals surface area contributed by atoms with E-state index in [9.17, 15) is 13.2 Å². The number of rotatable bonds is 13. The fourth-order valence-corrected chi connectivity index (χ4v) is 5.17. The molecule has 5 heteroatoms.